The lowest BCUT2D eigenvalue weighted by atomic mass is 10.3. The number of aromatic nitrogens is 2. The molecule has 0 saturated carbocycles. The minimum atomic E-state index is 0.605. The predicted octanol–water partition coefficient (Wildman–Crippen LogP) is 1.85. The second kappa shape index (κ2) is 5.72. The van der Waals surface area contributed by atoms with Crippen molar-refractivity contribution in [2.75, 3.05) is 12.3 Å². The van der Waals surface area contributed by atoms with Crippen LogP contribution < -0.4 is 5.32 Å². The van der Waals surface area contributed by atoms with Crippen molar-refractivity contribution in [1.29, 1.82) is 0 Å². The Labute approximate surface area is 97.6 Å². The summed E-state index contributed by atoms with van der Waals surface area (Å²) in [4.78, 5) is 0. The Kier molecular flexibility index (Phi) is 4.01. The fraction of sp³-hybridized carbons (Fsp3) is 0.400. The number of rotatable bonds is 6. The molecule has 0 bridgehead atoms. The van der Waals surface area contributed by atoms with Crippen molar-refractivity contribution in [2.24, 2.45) is 0 Å². The number of nitrogens with zero attached hydrogens (tertiary/aromatic N) is 2. The van der Waals surface area contributed by atoms with Crippen LogP contribution >= 0.6 is 11.8 Å². The molecule has 0 aliphatic rings. The Balaban J connectivity index is 1.59. The van der Waals surface area contributed by atoms with Crippen molar-refractivity contribution < 1.29 is 8.83 Å². The lowest BCUT2D eigenvalue weighted by Gasteiger charge is -2.00. The maximum atomic E-state index is 5.23. The summed E-state index contributed by atoms with van der Waals surface area (Å²) in [5.41, 5.74) is 1.15. The van der Waals surface area contributed by atoms with Crippen LogP contribution in [0.3, 0.4) is 0 Å². The summed E-state index contributed by atoms with van der Waals surface area (Å²) < 4.78 is 10.2. The van der Waals surface area contributed by atoms with E-state index in [4.69, 9.17) is 8.83 Å². The van der Waals surface area contributed by atoms with Gasteiger partial charge in [0.15, 0.2) is 0 Å². The Hall–Kier alpha value is -1.27. The zero-order chi connectivity index (χ0) is 11.2. The Morgan fingerprint density at radius 3 is 3.06 bits per heavy atom. The number of thioether (sulfide) groups is 1. The minimum Gasteiger partial charge on any atom is -0.472 e. The predicted molar refractivity (Wildman–Crippen MR) is 60.2 cm³/mol. The van der Waals surface area contributed by atoms with Crippen molar-refractivity contribution in [3.8, 4) is 0 Å². The first kappa shape index (κ1) is 11.2. The average molecular weight is 239 g/mol. The highest BCUT2D eigenvalue weighted by molar-refractivity contribution is 7.99. The highest BCUT2D eigenvalue weighted by Crippen LogP contribution is 2.14. The summed E-state index contributed by atoms with van der Waals surface area (Å²) >= 11 is 1.55. The molecule has 0 radical (unpaired) electrons. The molecule has 0 aliphatic carbocycles. The monoisotopic (exact) mass is 239 g/mol. The summed E-state index contributed by atoms with van der Waals surface area (Å²) in [5, 5.41) is 11.6. The molecule has 0 amide bonds. The molecule has 0 saturated heterocycles. The minimum absolute atomic E-state index is 0.605. The fourth-order valence-electron chi connectivity index (χ4n) is 1.17. The van der Waals surface area contributed by atoms with E-state index in [0.717, 1.165) is 24.4 Å². The van der Waals surface area contributed by atoms with Crippen LogP contribution in [0.25, 0.3) is 0 Å². The SMILES string of the molecule is Cc1nnc(SCCNCc2ccoc2)o1. The van der Waals surface area contributed by atoms with Crippen LogP contribution in [0.2, 0.25) is 0 Å². The van der Waals surface area contributed by atoms with Gasteiger partial charge in [-0.1, -0.05) is 11.8 Å². The number of nitrogens with one attached hydrogen (secondary N) is 1. The van der Waals surface area contributed by atoms with Gasteiger partial charge in [0.25, 0.3) is 5.22 Å². The summed E-state index contributed by atoms with van der Waals surface area (Å²) in [6, 6.07) is 1.95. The molecule has 0 aromatic carbocycles. The number of hydrogen-bond acceptors (Lipinski definition) is 6. The lowest BCUT2D eigenvalue weighted by molar-refractivity contribution is 0.429. The lowest BCUT2D eigenvalue weighted by Crippen LogP contribution is -2.15. The standard InChI is InChI=1S/C10H13N3O2S/c1-8-12-13-10(15-8)16-5-3-11-6-9-2-4-14-7-9/h2,4,7,11H,3,5-6H2,1H3. The zero-order valence-corrected chi connectivity index (χ0v) is 9.79. The Morgan fingerprint density at radius 2 is 2.38 bits per heavy atom. The van der Waals surface area contributed by atoms with E-state index in [1.807, 2.05) is 6.07 Å². The van der Waals surface area contributed by atoms with Gasteiger partial charge in [0.1, 0.15) is 0 Å². The van der Waals surface area contributed by atoms with Gasteiger partial charge in [0, 0.05) is 31.3 Å². The molecule has 0 unspecified atom stereocenters. The largest absolute Gasteiger partial charge is 0.472 e. The van der Waals surface area contributed by atoms with Crippen molar-refractivity contribution >= 4 is 11.8 Å². The van der Waals surface area contributed by atoms with E-state index in [1.165, 1.54) is 0 Å². The normalized spacial score (nSPS) is 10.8. The molecular weight excluding hydrogens is 226 g/mol. The van der Waals surface area contributed by atoms with E-state index in [2.05, 4.69) is 15.5 Å². The van der Waals surface area contributed by atoms with Crippen molar-refractivity contribution in [2.45, 2.75) is 18.7 Å². The van der Waals surface area contributed by atoms with Crippen LogP contribution in [0.15, 0.2) is 32.6 Å². The smallest absolute Gasteiger partial charge is 0.276 e. The summed E-state index contributed by atoms with van der Waals surface area (Å²) in [6.45, 7) is 3.49. The number of hydrogen-bond donors (Lipinski definition) is 1. The first-order chi connectivity index (χ1) is 7.84. The van der Waals surface area contributed by atoms with Crippen LogP contribution in [0, 0.1) is 6.92 Å². The van der Waals surface area contributed by atoms with Gasteiger partial charge >= 0.3 is 0 Å². The van der Waals surface area contributed by atoms with Crippen molar-refractivity contribution in [1.82, 2.24) is 15.5 Å². The second-order valence-electron chi connectivity index (χ2n) is 3.24. The van der Waals surface area contributed by atoms with Gasteiger partial charge in [0.2, 0.25) is 5.89 Å². The third-order valence-corrected chi connectivity index (χ3v) is 2.74. The molecule has 2 rings (SSSR count). The molecule has 16 heavy (non-hydrogen) atoms. The molecule has 1 N–H and O–H groups in total. The van der Waals surface area contributed by atoms with Crippen LogP contribution in [-0.4, -0.2) is 22.5 Å². The molecule has 2 aromatic heterocycles. The van der Waals surface area contributed by atoms with Crippen LogP contribution in [-0.2, 0) is 6.54 Å². The number of furan rings is 1. The third-order valence-electron chi connectivity index (χ3n) is 1.92. The topological polar surface area (TPSA) is 64.1 Å². The fourth-order valence-corrected chi connectivity index (χ4v) is 1.87. The molecule has 2 aromatic rings. The molecule has 0 aliphatic heterocycles. The molecule has 2 heterocycles. The van der Waals surface area contributed by atoms with Gasteiger partial charge in [0.05, 0.1) is 12.5 Å². The van der Waals surface area contributed by atoms with Gasteiger partial charge in [-0.15, -0.1) is 10.2 Å². The van der Waals surface area contributed by atoms with E-state index in [9.17, 15) is 0 Å². The van der Waals surface area contributed by atoms with E-state index < -0.39 is 0 Å². The summed E-state index contributed by atoms with van der Waals surface area (Å²) in [7, 11) is 0. The van der Waals surface area contributed by atoms with Gasteiger partial charge in [-0.25, -0.2) is 0 Å². The summed E-state index contributed by atoms with van der Waals surface area (Å²) in [5.74, 6) is 1.51. The zero-order valence-electron chi connectivity index (χ0n) is 8.97. The third kappa shape index (κ3) is 3.39. The van der Waals surface area contributed by atoms with Crippen molar-refractivity contribution in [3.05, 3.63) is 30.0 Å². The maximum absolute atomic E-state index is 5.23. The highest BCUT2D eigenvalue weighted by atomic mass is 32.2. The molecule has 0 spiro atoms. The molecule has 0 fully saturated rings. The first-order valence-electron chi connectivity index (χ1n) is 4.99. The molecular formula is C10H13N3O2S. The van der Waals surface area contributed by atoms with E-state index in [0.29, 0.717) is 11.1 Å². The molecule has 86 valence electrons. The maximum Gasteiger partial charge on any atom is 0.276 e. The van der Waals surface area contributed by atoms with Gasteiger partial charge < -0.3 is 14.2 Å². The van der Waals surface area contributed by atoms with E-state index in [1.54, 1.807) is 31.2 Å². The van der Waals surface area contributed by atoms with Gasteiger partial charge in [-0.3, -0.25) is 0 Å². The molecule has 5 nitrogen and oxygen atoms in total. The first-order valence-corrected chi connectivity index (χ1v) is 5.98. The van der Waals surface area contributed by atoms with Gasteiger partial charge in [-0.05, 0) is 6.07 Å². The summed E-state index contributed by atoms with van der Waals surface area (Å²) in [6.07, 6.45) is 3.41. The molecule has 0 atom stereocenters. The quantitative estimate of drug-likeness (QED) is 0.613. The van der Waals surface area contributed by atoms with Crippen LogP contribution in [0.4, 0.5) is 0 Å². The van der Waals surface area contributed by atoms with Gasteiger partial charge in [-0.2, -0.15) is 0 Å². The second-order valence-corrected chi connectivity index (χ2v) is 4.29. The Morgan fingerprint density at radius 1 is 1.44 bits per heavy atom. The van der Waals surface area contributed by atoms with Crippen LogP contribution in [0.5, 0.6) is 0 Å². The van der Waals surface area contributed by atoms with E-state index >= 15 is 0 Å². The number of aryl methyl sites for hydroxylation is 1. The highest BCUT2D eigenvalue weighted by Gasteiger charge is 2.01. The molecule has 6 heteroatoms. The Bertz CT molecular complexity index is 413. The van der Waals surface area contributed by atoms with Crippen molar-refractivity contribution in [3.63, 3.8) is 0 Å². The van der Waals surface area contributed by atoms with E-state index in [-0.39, 0.29) is 0 Å². The average Bonchev–Trinajstić information content (AvgIpc) is 2.89. The van der Waals surface area contributed by atoms with Crippen LogP contribution in [0.1, 0.15) is 11.5 Å².